The van der Waals surface area contributed by atoms with E-state index in [9.17, 15) is 14.4 Å². The largest absolute Gasteiger partial charge is 0.369 e. The third-order valence-electron chi connectivity index (χ3n) is 4.33. The highest BCUT2D eigenvalue weighted by Crippen LogP contribution is 2.21. The van der Waals surface area contributed by atoms with E-state index in [1.807, 2.05) is 29.2 Å². The summed E-state index contributed by atoms with van der Waals surface area (Å²) in [6.07, 6.45) is 2.14. The second kappa shape index (κ2) is 7.75. The first kappa shape index (κ1) is 16.9. The molecule has 2 aromatic rings. The smallest absolute Gasteiger partial charge is 0.228 e. The Balaban J connectivity index is 1.64. The highest BCUT2D eigenvalue weighted by molar-refractivity contribution is 5.78. The molecule has 128 valence electrons. The molecule has 0 atom stereocenters. The van der Waals surface area contributed by atoms with Gasteiger partial charge in [0, 0.05) is 31.9 Å². The molecule has 0 aliphatic carbocycles. The van der Waals surface area contributed by atoms with Crippen molar-refractivity contribution in [2.45, 2.75) is 12.8 Å². The first-order valence-corrected chi connectivity index (χ1v) is 8.29. The van der Waals surface area contributed by atoms with Crippen molar-refractivity contribution in [3.05, 3.63) is 59.7 Å². The fourth-order valence-corrected chi connectivity index (χ4v) is 3.03. The van der Waals surface area contributed by atoms with E-state index in [1.54, 1.807) is 6.07 Å². The van der Waals surface area contributed by atoms with Crippen molar-refractivity contribution in [2.24, 2.45) is 0 Å². The number of halogens is 1. The van der Waals surface area contributed by atoms with Crippen LogP contribution < -0.4 is 4.90 Å². The summed E-state index contributed by atoms with van der Waals surface area (Å²) in [7, 11) is 0. The highest BCUT2D eigenvalue weighted by atomic mass is 19.1. The van der Waals surface area contributed by atoms with E-state index in [0.717, 1.165) is 24.8 Å². The molecule has 1 aliphatic rings. The summed E-state index contributed by atoms with van der Waals surface area (Å²) in [5.74, 6) is -0.410. The summed E-state index contributed by atoms with van der Waals surface area (Å²) in [6.45, 7) is 2.75. The lowest BCUT2D eigenvalue weighted by molar-refractivity contribution is -0.130. The number of amides is 1. The Bertz CT molecular complexity index is 785. The quantitative estimate of drug-likeness (QED) is 0.862. The van der Waals surface area contributed by atoms with Crippen LogP contribution >= 0.6 is 0 Å². The number of anilines is 1. The minimum absolute atomic E-state index is 0.00507. The third-order valence-corrected chi connectivity index (χ3v) is 4.33. The first-order valence-electron chi connectivity index (χ1n) is 8.29. The van der Waals surface area contributed by atoms with Crippen LogP contribution in [0.1, 0.15) is 17.7 Å². The maximum absolute atomic E-state index is 12.9. The summed E-state index contributed by atoms with van der Waals surface area (Å²) in [5, 5.41) is 9.27. The van der Waals surface area contributed by atoms with Crippen molar-refractivity contribution >= 4 is 11.6 Å². The van der Waals surface area contributed by atoms with E-state index in [2.05, 4.69) is 16.0 Å². The SMILES string of the molecule is N#Cc1ccccc1N1CCCN(C(=O)Cc2ccc(F)cn2)CC1. The molecule has 1 saturated heterocycles. The Morgan fingerprint density at radius 3 is 2.76 bits per heavy atom. The predicted octanol–water partition coefficient (Wildman–Crippen LogP) is 2.37. The van der Waals surface area contributed by atoms with E-state index < -0.39 is 5.82 Å². The summed E-state index contributed by atoms with van der Waals surface area (Å²) in [6, 6.07) is 12.6. The van der Waals surface area contributed by atoms with Crippen molar-refractivity contribution in [3.63, 3.8) is 0 Å². The normalized spacial score (nSPS) is 14.7. The van der Waals surface area contributed by atoms with Crippen molar-refractivity contribution in [3.8, 4) is 6.07 Å². The van der Waals surface area contributed by atoms with E-state index in [1.165, 1.54) is 6.07 Å². The molecule has 0 radical (unpaired) electrons. The number of rotatable bonds is 3. The van der Waals surface area contributed by atoms with Gasteiger partial charge in [-0.05, 0) is 30.7 Å². The molecule has 5 nitrogen and oxygen atoms in total. The van der Waals surface area contributed by atoms with Crippen LogP contribution in [-0.2, 0) is 11.2 Å². The zero-order chi connectivity index (χ0) is 17.6. The van der Waals surface area contributed by atoms with Gasteiger partial charge in [0.2, 0.25) is 5.91 Å². The molecule has 0 saturated carbocycles. The molecular formula is C19H19FN4O. The van der Waals surface area contributed by atoms with Gasteiger partial charge in [-0.1, -0.05) is 12.1 Å². The lowest BCUT2D eigenvalue weighted by Gasteiger charge is -2.24. The van der Waals surface area contributed by atoms with Crippen LogP contribution in [0, 0.1) is 17.1 Å². The number of benzene rings is 1. The predicted molar refractivity (Wildman–Crippen MR) is 92.5 cm³/mol. The average molecular weight is 338 g/mol. The molecule has 0 unspecified atom stereocenters. The Morgan fingerprint density at radius 2 is 2.00 bits per heavy atom. The second-order valence-electron chi connectivity index (χ2n) is 5.99. The van der Waals surface area contributed by atoms with Crippen LogP contribution in [0.5, 0.6) is 0 Å². The van der Waals surface area contributed by atoms with Gasteiger partial charge in [0.15, 0.2) is 0 Å². The number of nitrogens with zero attached hydrogens (tertiary/aromatic N) is 4. The Kier molecular flexibility index (Phi) is 5.24. The van der Waals surface area contributed by atoms with Gasteiger partial charge in [-0.15, -0.1) is 0 Å². The minimum Gasteiger partial charge on any atom is -0.369 e. The molecule has 3 rings (SSSR count). The topological polar surface area (TPSA) is 60.2 Å². The third kappa shape index (κ3) is 4.13. The van der Waals surface area contributed by atoms with Gasteiger partial charge in [0.05, 0.1) is 23.9 Å². The van der Waals surface area contributed by atoms with Gasteiger partial charge in [0.1, 0.15) is 11.9 Å². The zero-order valence-corrected chi connectivity index (χ0v) is 13.9. The molecule has 25 heavy (non-hydrogen) atoms. The standard InChI is InChI=1S/C19H19FN4O/c20-16-6-7-17(22-14-16)12-19(25)24-9-3-8-23(10-11-24)18-5-2-1-4-15(18)13-21/h1-2,4-7,14H,3,8-12H2. The molecule has 0 bridgehead atoms. The molecule has 0 spiro atoms. The van der Waals surface area contributed by atoms with Gasteiger partial charge in [0.25, 0.3) is 0 Å². The molecule has 1 aliphatic heterocycles. The molecular weight excluding hydrogens is 319 g/mol. The monoisotopic (exact) mass is 338 g/mol. The average Bonchev–Trinajstić information content (AvgIpc) is 2.90. The molecule has 1 aromatic carbocycles. The number of para-hydroxylation sites is 1. The van der Waals surface area contributed by atoms with Crippen LogP contribution in [0.3, 0.4) is 0 Å². The first-order chi connectivity index (χ1) is 12.2. The van der Waals surface area contributed by atoms with Crippen molar-refractivity contribution in [1.29, 1.82) is 5.26 Å². The van der Waals surface area contributed by atoms with Crippen molar-refractivity contribution in [2.75, 3.05) is 31.1 Å². The summed E-state index contributed by atoms with van der Waals surface area (Å²) in [5.41, 5.74) is 2.14. The number of carbonyl (C=O) groups excluding carboxylic acids is 1. The number of carbonyl (C=O) groups is 1. The zero-order valence-electron chi connectivity index (χ0n) is 13.9. The van der Waals surface area contributed by atoms with Crippen LogP contribution in [0.2, 0.25) is 0 Å². The summed E-state index contributed by atoms with van der Waals surface area (Å²) in [4.78, 5) is 20.4. The maximum Gasteiger partial charge on any atom is 0.228 e. The van der Waals surface area contributed by atoms with Crippen LogP contribution in [0.15, 0.2) is 42.6 Å². The van der Waals surface area contributed by atoms with E-state index in [0.29, 0.717) is 30.9 Å². The molecule has 0 N–H and O–H groups in total. The Hall–Kier alpha value is -2.94. The van der Waals surface area contributed by atoms with Gasteiger partial charge in [-0.3, -0.25) is 9.78 Å². The number of hydrogen-bond donors (Lipinski definition) is 0. The van der Waals surface area contributed by atoms with Crippen LogP contribution in [-0.4, -0.2) is 42.0 Å². The Labute approximate surface area is 146 Å². The highest BCUT2D eigenvalue weighted by Gasteiger charge is 2.21. The molecule has 1 amide bonds. The minimum atomic E-state index is -0.405. The number of hydrogen-bond acceptors (Lipinski definition) is 4. The summed E-state index contributed by atoms with van der Waals surface area (Å²) < 4.78 is 12.9. The van der Waals surface area contributed by atoms with Gasteiger partial charge in [-0.2, -0.15) is 5.26 Å². The lowest BCUT2D eigenvalue weighted by atomic mass is 10.1. The van der Waals surface area contributed by atoms with Crippen molar-refractivity contribution < 1.29 is 9.18 Å². The number of aromatic nitrogens is 1. The van der Waals surface area contributed by atoms with Gasteiger partial charge < -0.3 is 9.80 Å². The van der Waals surface area contributed by atoms with Crippen molar-refractivity contribution in [1.82, 2.24) is 9.88 Å². The van der Waals surface area contributed by atoms with Crippen LogP contribution in [0.4, 0.5) is 10.1 Å². The number of nitriles is 1. The van der Waals surface area contributed by atoms with Gasteiger partial charge in [-0.25, -0.2) is 4.39 Å². The lowest BCUT2D eigenvalue weighted by Crippen LogP contribution is -2.36. The van der Waals surface area contributed by atoms with E-state index in [-0.39, 0.29) is 12.3 Å². The fraction of sp³-hybridized carbons (Fsp3) is 0.316. The maximum atomic E-state index is 12.9. The summed E-state index contributed by atoms with van der Waals surface area (Å²) >= 11 is 0. The molecule has 2 heterocycles. The number of pyridine rings is 1. The van der Waals surface area contributed by atoms with E-state index >= 15 is 0 Å². The Morgan fingerprint density at radius 1 is 1.16 bits per heavy atom. The van der Waals surface area contributed by atoms with Gasteiger partial charge >= 0.3 is 0 Å². The molecule has 1 aromatic heterocycles. The van der Waals surface area contributed by atoms with Crippen LogP contribution in [0.25, 0.3) is 0 Å². The molecule has 6 heteroatoms. The second-order valence-corrected chi connectivity index (χ2v) is 5.99. The van der Waals surface area contributed by atoms with E-state index in [4.69, 9.17) is 0 Å². The fourth-order valence-electron chi connectivity index (χ4n) is 3.03. The molecule has 1 fully saturated rings.